The first-order valence-electron chi connectivity index (χ1n) is 12.3. The fourth-order valence-electron chi connectivity index (χ4n) is 4.14. The molecule has 1 atom stereocenters. The second kappa shape index (κ2) is 12.4. The molecule has 196 valence electrons. The SMILES string of the molecule is CCC(Sc1cccc(NC(=S)Nc2ccc(C)cc2)c1)C(=O)Nc1sc2c(c1C#N)CCN(C(C)=O)C2. The summed E-state index contributed by atoms with van der Waals surface area (Å²) in [6, 6.07) is 18.0. The van der Waals surface area contributed by atoms with Crippen LogP contribution < -0.4 is 16.0 Å². The van der Waals surface area contributed by atoms with Crippen molar-refractivity contribution in [1.29, 1.82) is 5.26 Å². The van der Waals surface area contributed by atoms with Gasteiger partial charge >= 0.3 is 0 Å². The number of aryl methyl sites for hydroxylation is 1. The zero-order valence-electron chi connectivity index (χ0n) is 21.5. The highest BCUT2D eigenvalue weighted by Crippen LogP contribution is 2.37. The summed E-state index contributed by atoms with van der Waals surface area (Å²) in [5, 5.41) is 19.9. The maximum Gasteiger partial charge on any atom is 0.238 e. The van der Waals surface area contributed by atoms with Gasteiger partial charge in [-0.25, -0.2) is 0 Å². The second-order valence-electron chi connectivity index (χ2n) is 8.99. The standard InChI is InChI=1S/C28H29N5O2S3/c1-4-24(26(35)32-27-23(15-29)22-12-13-33(18(3)34)16-25(22)38-27)37-21-7-5-6-20(14-21)31-28(36)30-19-10-8-17(2)9-11-19/h5-11,14,24H,4,12-13,16H2,1-3H3,(H,32,35)(H2,30,31,36). The third-order valence-corrected chi connectivity index (χ3v) is 8.89. The summed E-state index contributed by atoms with van der Waals surface area (Å²) >= 11 is 8.32. The number of anilines is 3. The van der Waals surface area contributed by atoms with Crippen molar-refractivity contribution in [1.82, 2.24) is 4.90 Å². The van der Waals surface area contributed by atoms with Crippen LogP contribution in [0.15, 0.2) is 53.4 Å². The molecule has 1 aliphatic heterocycles. The Bertz CT molecular complexity index is 1390. The molecule has 1 aromatic heterocycles. The molecule has 38 heavy (non-hydrogen) atoms. The van der Waals surface area contributed by atoms with Crippen LogP contribution in [0.3, 0.4) is 0 Å². The topological polar surface area (TPSA) is 97.3 Å². The van der Waals surface area contributed by atoms with Crippen LogP contribution in [0, 0.1) is 18.3 Å². The van der Waals surface area contributed by atoms with Crippen molar-refractivity contribution in [3.05, 3.63) is 70.1 Å². The number of hydrogen-bond acceptors (Lipinski definition) is 6. The van der Waals surface area contributed by atoms with E-state index in [1.807, 2.05) is 62.4 Å². The molecule has 2 amide bonds. The summed E-state index contributed by atoms with van der Waals surface area (Å²) in [5.74, 6) is -0.134. The number of nitriles is 1. The lowest BCUT2D eigenvalue weighted by Crippen LogP contribution is -2.33. The number of rotatable bonds is 7. The van der Waals surface area contributed by atoms with Crippen LogP contribution in [0.1, 0.15) is 41.8 Å². The molecule has 10 heteroatoms. The number of amides is 2. The normalized spacial score (nSPS) is 13.2. The Kier molecular flexibility index (Phi) is 9.05. The quantitative estimate of drug-likeness (QED) is 0.234. The van der Waals surface area contributed by atoms with Crippen LogP contribution in [0.4, 0.5) is 16.4 Å². The van der Waals surface area contributed by atoms with Gasteiger partial charge in [-0.3, -0.25) is 9.59 Å². The maximum atomic E-state index is 13.2. The van der Waals surface area contributed by atoms with E-state index in [9.17, 15) is 14.9 Å². The van der Waals surface area contributed by atoms with Crippen molar-refractivity contribution in [3.8, 4) is 6.07 Å². The predicted molar refractivity (Wildman–Crippen MR) is 160 cm³/mol. The lowest BCUT2D eigenvalue weighted by atomic mass is 10.0. The third-order valence-electron chi connectivity index (χ3n) is 6.19. The van der Waals surface area contributed by atoms with E-state index in [0.29, 0.717) is 41.6 Å². The second-order valence-corrected chi connectivity index (χ2v) is 11.8. The van der Waals surface area contributed by atoms with Crippen LogP contribution in [-0.2, 0) is 22.6 Å². The average Bonchev–Trinajstić information content (AvgIpc) is 3.24. The molecule has 0 fully saturated rings. The van der Waals surface area contributed by atoms with Gasteiger partial charge in [-0.15, -0.1) is 23.1 Å². The van der Waals surface area contributed by atoms with Crippen LogP contribution in [0.5, 0.6) is 0 Å². The van der Waals surface area contributed by atoms with Gasteiger partial charge in [-0.1, -0.05) is 30.7 Å². The summed E-state index contributed by atoms with van der Waals surface area (Å²) in [6.45, 7) is 6.62. The van der Waals surface area contributed by atoms with Gasteiger partial charge in [0.15, 0.2) is 5.11 Å². The van der Waals surface area contributed by atoms with Gasteiger partial charge in [0.05, 0.1) is 17.4 Å². The summed E-state index contributed by atoms with van der Waals surface area (Å²) in [4.78, 5) is 28.7. The molecular formula is C28H29N5O2S3. The zero-order chi connectivity index (χ0) is 27.2. The number of thioether (sulfide) groups is 1. The third kappa shape index (κ3) is 6.72. The molecule has 0 saturated heterocycles. The van der Waals surface area contributed by atoms with Crippen LogP contribution in [-0.4, -0.2) is 33.6 Å². The van der Waals surface area contributed by atoms with E-state index in [-0.39, 0.29) is 17.1 Å². The summed E-state index contributed by atoms with van der Waals surface area (Å²) in [5.41, 5.74) is 4.36. The van der Waals surface area contributed by atoms with Gasteiger partial charge in [-0.05, 0) is 67.9 Å². The van der Waals surface area contributed by atoms with Crippen molar-refractivity contribution in [3.63, 3.8) is 0 Å². The Labute approximate surface area is 236 Å². The van der Waals surface area contributed by atoms with E-state index < -0.39 is 0 Å². The Balaban J connectivity index is 1.41. The summed E-state index contributed by atoms with van der Waals surface area (Å²) < 4.78 is 0. The molecule has 2 aromatic carbocycles. The largest absolute Gasteiger partial charge is 0.337 e. The van der Waals surface area contributed by atoms with Crippen LogP contribution in [0.2, 0.25) is 0 Å². The zero-order valence-corrected chi connectivity index (χ0v) is 23.9. The fraction of sp³-hybridized carbons (Fsp3) is 0.286. The highest BCUT2D eigenvalue weighted by molar-refractivity contribution is 8.00. The smallest absolute Gasteiger partial charge is 0.238 e. The number of thiophene rings is 1. The minimum absolute atomic E-state index is 0.0130. The van der Waals surface area contributed by atoms with E-state index in [0.717, 1.165) is 26.7 Å². The molecule has 0 bridgehead atoms. The number of nitrogens with one attached hydrogen (secondary N) is 3. The van der Waals surface area contributed by atoms with Crippen molar-refractivity contribution in [2.45, 2.75) is 50.3 Å². The lowest BCUT2D eigenvalue weighted by molar-refractivity contribution is -0.129. The molecule has 7 nitrogen and oxygen atoms in total. The molecule has 0 saturated carbocycles. The number of hydrogen-bond donors (Lipinski definition) is 3. The number of thiocarbonyl (C=S) groups is 1. The molecule has 4 rings (SSSR count). The van der Waals surface area contributed by atoms with Crippen molar-refractivity contribution < 1.29 is 9.59 Å². The summed E-state index contributed by atoms with van der Waals surface area (Å²) in [6.07, 6.45) is 1.24. The van der Waals surface area contributed by atoms with E-state index in [4.69, 9.17) is 12.2 Å². The first-order chi connectivity index (χ1) is 18.3. The number of carbonyl (C=O) groups is 2. The van der Waals surface area contributed by atoms with E-state index in [2.05, 4.69) is 22.0 Å². The lowest BCUT2D eigenvalue weighted by Gasteiger charge is -2.25. The van der Waals surface area contributed by atoms with Crippen molar-refractivity contribution in [2.75, 3.05) is 22.5 Å². The Morgan fingerprint density at radius 2 is 1.89 bits per heavy atom. The first kappa shape index (κ1) is 27.6. The molecule has 0 spiro atoms. The number of benzene rings is 2. The highest BCUT2D eigenvalue weighted by Gasteiger charge is 2.27. The highest BCUT2D eigenvalue weighted by atomic mass is 32.2. The molecule has 2 heterocycles. The van der Waals surface area contributed by atoms with Gasteiger partial charge in [-0.2, -0.15) is 5.26 Å². The van der Waals surface area contributed by atoms with Crippen LogP contribution >= 0.6 is 35.3 Å². The fourth-order valence-corrected chi connectivity index (χ4v) is 6.60. The Morgan fingerprint density at radius 3 is 2.58 bits per heavy atom. The minimum atomic E-state index is -0.345. The van der Waals surface area contributed by atoms with Crippen molar-refractivity contribution >= 4 is 68.6 Å². The number of nitrogens with zero attached hydrogens (tertiary/aromatic N) is 2. The van der Waals surface area contributed by atoms with E-state index in [1.165, 1.54) is 28.7 Å². The molecule has 1 aliphatic rings. The van der Waals surface area contributed by atoms with E-state index in [1.54, 1.807) is 11.8 Å². The molecular weight excluding hydrogens is 535 g/mol. The Morgan fingerprint density at radius 1 is 1.16 bits per heavy atom. The number of fused-ring (bicyclic) bond motifs is 1. The predicted octanol–water partition coefficient (Wildman–Crippen LogP) is 6.15. The summed E-state index contributed by atoms with van der Waals surface area (Å²) in [7, 11) is 0. The van der Waals surface area contributed by atoms with Crippen LogP contribution in [0.25, 0.3) is 0 Å². The van der Waals surface area contributed by atoms with Gasteiger partial charge < -0.3 is 20.9 Å². The molecule has 0 radical (unpaired) electrons. The monoisotopic (exact) mass is 563 g/mol. The van der Waals surface area contributed by atoms with Gasteiger partial charge in [0.1, 0.15) is 11.1 Å². The Hall–Kier alpha value is -3.39. The molecule has 3 N–H and O–H groups in total. The average molecular weight is 564 g/mol. The van der Waals surface area contributed by atoms with Gasteiger partial charge in [0.25, 0.3) is 0 Å². The first-order valence-corrected chi connectivity index (χ1v) is 14.4. The maximum absolute atomic E-state index is 13.2. The van der Waals surface area contributed by atoms with E-state index >= 15 is 0 Å². The molecule has 1 unspecified atom stereocenters. The number of carbonyl (C=O) groups excluding carboxylic acids is 2. The van der Waals surface area contributed by atoms with Gasteiger partial charge in [0.2, 0.25) is 11.8 Å². The minimum Gasteiger partial charge on any atom is -0.337 e. The van der Waals surface area contributed by atoms with Gasteiger partial charge in [0, 0.05) is 34.6 Å². The van der Waals surface area contributed by atoms with Crippen molar-refractivity contribution in [2.24, 2.45) is 0 Å². The molecule has 3 aromatic rings. The molecule has 0 aliphatic carbocycles.